The fourth-order valence-electron chi connectivity index (χ4n) is 3.79. The van der Waals surface area contributed by atoms with Gasteiger partial charge in [-0.3, -0.25) is 9.10 Å². The fraction of sp³-hybridized carbons (Fsp3) is 0.345. The van der Waals surface area contributed by atoms with Crippen LogP contribution in [0, 0.1) is 6.92 Å². The predicted molar refractivity (Wildman–Crippen MR) is 148 cm³/mol. The molecule has 1 N–H and O–H groups in total. The number of carbonyl (C=O) groups is 1. The number of methoxy groups -OCH3 is 1. The lowest BCUT2D eigenvalue weighted by Crippen LogP contribution is -2.30. The number of nitrogens with zero attached hydrogens (tertiary/aromatic N) is 1. The van der Waals surface area contributed by atoms with Gasteiger partial charge < -0.3 is 14.8 Å². The summed E-state index contributed by atoms with van der Waals surface area (Å²) in [5.41, 5.74) is 3.93. The summed E-state index contributed by atoms with van der Waals surface area (Å²) in [4.78, 5) is 12.6. The van der Waals surface area contributed by atoms with Crippen LogP contribution in [0.15, 0.2) is 66.7 Å². The van der Waals surface area contributed by atoms with Crippen LogP contribution in [0.3, 0.4) is 0 Å². The Bertz CT molecular complexity index is 1310. The van der Waals surface area contributed by atoms with Crippen molar-refractivity contribution in [3.8, 4) is 11.5 Å². The van der Waals surface area contributed by atoms with Crippen molar-refractivity contribution in [1.29, 1.82) is 0 Å². The highest BCUT2D eigenvalue weighted by Crippen LogP contribution is 2.32. The molecule has 0 radical (unpaired) electrons. The number of rotatable bonds is 10. The molecule has 7 nitrogen and oxygen atoms in total. The third kappa shape index (κ3) is 7.73. The second-order valence-corrected chi connectivity index (χ2v) is 11.9. The summed E-state index contributed by atoms with van der Waals surface area (Å²) in [7, 11) is -2.07. The average Bonchev–Trinajstić information content (AvgIpc) is 2.84. The van der Waals surface area contributed by atoms with Crippen LogP contribution in [0.25, 0.3) is 0 Å². The molecule has 1 amide bonds. The Kier molecular flexibility index (Phi) is 8.86. The molecule has 0 aliphatic rings. The van der Waals surface area contributed by atoms with Crippen LogP contribution in [-0.4, -0.2) is 40.8 Å². The van der Waals surface area contributed by atoms with Gasteiger partial charge in [0.25, 0.3) is 5.91 Å². The van der Waals surface area contributed by atoms with E-state index in [2.05, 4.69) is 38.2 Å². The number of hydrogen-bond donors (Lipinski definition) is 1. The molecule has 0 atom stereocenters. The number of amides is 1. The molecular formula is C29H36N2O5S. The van der Waals surface area contributed by atoms with Crippen molar-refractivity contribution < 1.29 is 22.7 Å². The number of ether oxygens (including phenoxy) is 2. The van der Waals surface area contributed by atoms with E-state index >= 15 is 0 Å². The van der Waals surface area contributed by atoms with Crippen molar-refractivity contribution in [2.45, 2.75) is 39.7 Å². The first-order valence-corrected chi connectivity index (χ1v) is 14.0. The van der Waals surface area contributed by atoms with Crippen molar-refractivity contribution in [3.05, 3.63) is 89.0 Å². The van der Waals surface area contributed by atoms with E-state index in [1.165, 1.54) is 17.0 Å². The summed E-state index contributed by atoms with van der Waals surface area (Å²) in [6, 6.07) is 20.2. The minimum Gasteiger partial charge on any atom is -0.495 e. The molecule has 0 heterocycles. The van der Waals surface area contributed by atoms with Gasteiger partial charge in [-0.05, 0) is 65.4 Å². The van der Waals surface area contributed by atoms with Crippen molar-refractivity contribution in [2.24, 2.45) is 0 Å². The largest absolute Gasteiger partial charge is 0.495 e. The maximum absolute atomic E-state index is 12.6. The van der Waals surface area contributed by atoms with Gasteiger partial charge in [0, 0.05) is 5.56 Å². The van der Waals surface area contributed by atoms with Gasteiger partial charge in [0.05, 0.1) is 32.1 Å². The van der Waals surface area contributed by atoms with Crippen LogP contribution >= 0.6 is 0 Å². The lowest BCUT2D eigenvalue weighted by atomic mass is 9.87. The smallest absolute Gasteiger partial charge is 0.251 e. The molecule has 0 unspecified atom stereocenters. The molecule has 0 saturated carbocycles. The zero-order valence-electron chi connectivity index (χ0n) is 22.4. The highest BCUT2D eigenvalue weighted by atomic mass is 32.2. The molecule has 3 aromatic rings. The van der Waals surface area contributed by atoms with Crippen molar-refractivity contribution in [3.63, 3.8) is 0 Å². The Balaban J connectivity index is 1.58. The Morgan fingerprint density at radius 2 is 1.62 bits per heavy atom. The van der Waals surface area contributed by atoms with Gasteiger partial charge in [-0.15, -0.1) is 0 Å². The van der Waals surface area contributed by atoms with Gasteiger partial charge in [-0.2, -0.15) is 0 Å². The number of anilines is 1. The zero-order chi connectivity index (χ0) is 27.2. The summed E-state index contributed by atoms with van der Waals surface area (Å²) < 4.78 is 37.6. The third-order valence-electron chi connectivity index (χ3n) is 5.92. The highest BCUT2D eigenvalue weighted by molar-refractivity contribution is 7.92. The van der Waals surface area contributed by atoms with Crippen LogP contribution in [-0.2, 0) is 22.0 Å². The molecule has 3 rings (SSSR count). The van der Waals surface area contributed by atoms with Crippen LogP contribution in [0.1, 0.15) is 47.8 Å². The number of sulfonamides is 1. The van der Waals surface area contributed by atoms with Crippen molar-refractivity contribution in [1.82, 2.24) is 5.32 Å². The third-order valence-corrected chi connectivity index (χ3v) is 7.05. The van der Waals surface area contributed by atoms with Crippen LogP contribution < -0.4 is 19.1 Å². The molecule has 0 aromatic heterocycles. The fourth-order valence-corrected chi connectivity index (χ4v) is 4.67. The number of hydrogen-bond acceptors (Lipinski definition) is 5. The second kappa shape index (κ2) is 11.7. The van der Waals surface area contributed by atoms with Gasteiger partial charge in [0.1, 0.15) is 18.1 Å². The van der Waals surface area contributed by atoms with E-state index in [0.717, 1.165) is 23.1 Å². The number of nitrogens with one attached hydrogen (secondary N) is 1. The first kappa shape index (κ1) is 28.1. The lowest BCUT2D eigenvalue weighted by molar-refractivity contribution is 0.0947. The molecule has 0 aliphatic carbocycles. The topological polar surface area (TPSA) is 84.9 Å². The first-order valence-electron chi connectivity index (χ1n) is 12.1. The van der Waals surface area contributed by atoms with Gasteiger partial charge in [0.2, 0.25) is 10.0 Å². The van der Waals surface area contributed by atoms with Gasteiger partial charge in [-0.1, -0.05) is 51.1 Å². The van der Waals surface area contributed by atoms with E-state index in [9.17, 15) is 13.2 Å². The Morgan fingerprint density at radius 1 is 0.973 bits per heavy atom. The number of benzene rings is 3. The van der Waals surface area contributed by atoms with Gasteiger partial charge >= 0.3 is 0 Å². The molecule has 3 aromatic carbocycles. The molecule has 0 bridgehead atoms. The van der Waals surface area contributed by atoms with Crippen molar-refractivity contribution >= 4 is 21.6 Å². The summed E-state index contributed by atoms with van der Waals surface area (Å²) in [6.07, 6.45) is 1.16. The van der Waals surface area contributed by atoms with E-state index in [1.807, 2.05) is 25.1 Å². The maximum Gasteiger partial charge on any atom is 0.251 e. The van der Waals surface area contributed by atoms with Crippen LogP contribution in [0.2, 0.25) is 0 Å². The quantitative estimate of drug-likeness (QED) is 0.374. The standard InChI is InChI=1S/C29H36N2O5S/c1-21-7-16-27(35-5)26(19-21)31(37(6,33)34)20-22-8-10-23(11-9-22)28(32)30-17-18-36-25-14-12-24(13-15-25)29(2,3)4/h7-16,19H,17-18,20H2,1-6H3,(H,30,32). The van der Waals surface area contributed by atoms with Crippen LogP contribution in [0.5, 0.6) is 11.5 Å². The minimum absolute atomic E-state index is 0.0819. The average molecular weight is 525 g/mol. The first-order chi connectivity index (χ1) is 17.4. The van der Waals surface area contributed by atoms with Gasteiger partial charge in [-0.25, -0.2) is 8.42 Å². The second-order valence-electron chi connectivity index (χ2n) is 10.0. The Labute approximate surface area is 220 Å². The maximum atomic E-state index is 12.6. The molecule has 198 valence electrons. The summed E-state index contributed by atoms with van der Waals surface area (Å²) in [5, 5.41) is 2.85. The monoisotopic (exact) mass is 524 g/mol. The predicted octanol–water partition coefficient (Wildman–Crippen LogP) is 5.08. The number of carbonyl (C=O) groups excluding carboxylic acids is 1. The molecule has 8 heteroatoms. The summed E-state index contributed by atoms with van der Waals surface area (Å²) >= 11 is 0. The molecule has 0 spiro atoms. The zero-order valence-corrected chi connectivity index (χ0v) is 23.2. The lowest BCUT2D eigenvalue weighted by Gasteiger charge is -2.25. The van der Waals surface area contributed by atoms with E-state index in [-0.39, 0.29) is 17.9 Å². The molecular weight excluding hydrogens is 488 g/mol. The van der Waals surface area contributed by atoms with E-state index in [0.29, 0.717) is 30.2 Å². The Morgan fingerprint density at radius 3 is 2.19 bits per heavy atom. The molecule has 0 aliphatic heterocycles. The van der Waals surface area contributed by atoms with E-state index < -0.39 is 10.0 Å². The Hall–Kier alpha value is -3.52. The minimum atomic E-state index is -3.58. The van der Waals surface area contributed by atoms with Crippen LogP contribution in [0.4, 0.5) is 5.69 Å². The normalized spacial score (nSPS) is 11.6. The summed E-state index contributed by atoms with van der Waals surface area (Å²) in [6.45, 7) is 9.19. The van der Waals surface area contributed by atoms with E-state index in [1.54, 1.807) is 36.4 Å². The molecule has 0 saturated heterocycles. The SMILES string of the molecule is COc1ccc(C)cc1N(Cc1ccc(C(=O)NCCOc2ccc(C(C)(C)C)cc2)cc1)S(C)(=O)=O. The summed E-state index contributed by atoms with van der Waals surface area (Å²) in [5.74, 6) is 1.00. The number of aryl methyl sites for hydroxylation is 1. The molecule has 37 heavy (non-hydrogen) atoms. The highest BCUT2D eigenvalue weighted by Gasteiger charge is 2.22. The van der Waals surface area contributed by atoms with E-state index in [4.69, 9.17) is 9.47 Å². The van der Waals surface area contributed by atoms with Crippen molar-refractivity contribution in [2.75, 3.05) is 30.8 Å². The van der Waals surface area contributed by atoms with Gasteiger partial charge in [0.15, 0.2) is 0 Å². The molecule has 0 fully saturated rings.